The van der Waals surface area contributed by atoms with Crippen molar-refractivity contribution < 1.29 is 9.13 Å². The van der Waals surface area contributed by atoms with Crippen molar-refractivity contribution in [3.8, 4) is 5.75 Å². The van der Waals surface area contributed by atoms with Crippen LogP contribution in [0.4, 0.5) is 4.39 Å². The van der Waals surface area contributed by atoms with Crippen LogP contribution >= 0.6 is 15.9 Å². The summed E-state index contributed by atoms with van der Waals surface area (Å²) >= 11 is 3.11. The van der Waals surface area contributed by atoms with Crippen LogP contribution in [0.2, 0.25) is 0 Å². The van der Waals surface area contributed by atoms with E-state index in [2.05, 4.69) is 15.9 Å². The van der Waals surface area contributed by atoms with E-state index in [1.54, 1.807) is 12.1 Å². The molecule has 1 nitrogen and oxygen atoms in total. The lowest BCUT2D eigenvalue weighted by molar-refractivity contribution is 0.303. The summed E-state index contributed by atoms with van der Waals surface area (Å²) in [5.74, 6) is 0.223. The first-order chi connectivity index (χ1) is 8.16. The molecule has 0 fully saturated rings. The molecule has 0 saturated heterocycles. The van der Waals surface area contributed by atoms with E-state index in [0.717, 1.165) is 5.56 Å². The van der Waals surface area contributed by atoms with Gasteiger partial charge in [-0.2, -0.15) is 0 Å². The molecule has 0 amide bonds. The molecule has 0 aromatic heterocycles. The molecule has 0 unspecified atom stereocenters. The SMILES string of the molecule is Cc1ccccc1COc1ccc(Br)c(F)c1. The number of hydrogen-bond acceptors (Lipinski definition) is 1. The molecule has 2 aromatic carbocycles. The minimum absolute atomic E-state index is 0.313. The monoisotopic (exact) mass is 294 g/mol. The molecule has 0 N–H and O–H groups in total. The zero-order valence-electron chi connectivity index (χ0n) is 9.41. The van der Waals surface area contributed by atoms with Gasteiger partial charge in [0, 0.05) is 6.07 Å². The lowest BCUT2D eigenvalue weighted by atomic mass is 10.1. The van der Waals surface area contributed by atoms with Crippen molar-refractivity contribution in [2.24, 2.45) is 0 Å². The second kappa shape index (κ2) is 5.32. The van der Waals surface area contributed by atoms with E-state index in [1.807, 2.05) is 31.2 Å². The zero-order chi connectivity index (χ0) is 12.3. The van der Waals surface area contributed by atoms with Crippen molar-refractivity contribution >= 4 is 15.9 Å². The lowest BCUT2D eigenvalue weighted by Crippen LogP contribution is -1.97. The molecule has 17 heavy (non-hydrogen) atoms. The largest absolute Gasteiger partial charge is 0.489 e. The van der Waals surface area contributed by atoms with Crippen LogP contribution in [0, 0.1) is 12.7 Å². The van der Waals surface area contributed by atoms with E-state index in [4.69, 9.17) is 4.74 Å². The number of benzene rings is 2. The van der Waals surface area contributed by atoms with Crippen LogP contribution in [0.25, 0.3) is 0 Å². The van der Waals surface area contributed by atoms with Crippen molar-refractivity contribution in [3.63, 3.8) is 0 Å². The van der Waals surface area contributed by atoms with Gasteiger partial charge in [0.25, 0.3) is 0 Å². The Morgan fingerprint density at radius 2 is 1.94 bits per heavy atom. The summed E-state index contributed by atoms with van der Waals surface area (Å²) in [5, 5.41) is 0. The first-order valence-electron chi connectivity index (χ1n) is 5.29. The van der Waals surface area contributed by atoms with Crippen LogP contribution < -0.4 is 4.74 Å². The molecule has 0 spiro atoms. The van der Waals surface area contributed by atoms with Gasteiger partial charge in [-0.25, -0.2) is 4.39 Å². The van der Waals surface area contributed by atoms with E-state index < -0.39 is 0 Å². The maximum Gasteiger partial charge on any atom is 0.141 e. The fourth-order valence-corrected chi connectivity index (χ4v) is 1.75. The Kier molecular flexibility index (Phi) is 3.79. The van der Waals surface area contributed by atoms with Crippen LogP contribution in [-0.4, -0.2) is 0 Å². The third kappa shape index (κ3) is 3.07. The Morgan fingerprint density at radius 3 is 2.65 bits per heavy atom. The molecule has 88 valence electrons. The second-order valence-corrected chi connectivity index (χ2v) is 4.65. The quantitative estimate of drug-likeness (QED) is 0.811. The van der Waals surface area contributed by atoms with Gasteiger partial charge >= 0.3 is 0 Å². The highest BCUT2D eigenvalue weighted by molar-refractivity contribution is 9.10. The topological polar surface area (TPSA) is 9.23 Å². The molecule has 0 radical (unpaired) electrons. The van der Waals surface area contributed by atoms with Gasteiger partial charge in [0.05, 0.1) is 4.47 Å². The predicted molar refractivity (Wildman–Crippen MR) is 69.6 cm³/mol. The molecule has 2 aromatic rings. The first-order valence-corrected chi connectivity index (χ1v) is 6.08. The average molecular weight is 295 g/mol. The molecule has 0 bridgehead atoms. The van der Waals surface area contributed by atoms with Crippen LogP contribution in [0.1, 0.15) is 11.1 Å². The Labute approximate surface area is 108 Å². The van der Waals surface area contributed by atoms with Gasteiger partial charge in [-0.1, -0.05) is 24.3 Å². The average Bonchev–Trinajstić information content (AvgIpc) is 2.32. The van der Waals surface area contributed by atoms with E-state index in [-0.39, 0.29) is 5.82 Å². The van der Waals surface area contributed by atoms with Crippen LogP contribution in [0.5, 0.6) is 5.75 Å². The smallest absolute Gasteiger partial charge is 0.141 e. The summed E-state index contributed by atoms with van der Waals surface area (Å²) in [6.45, 7) is 2.48. The Hall–Kier alpha value is -1.35. The summed E-state index contributed by atoms with van der Waals surface area (Å²) in [6, 6.07) is 12.7. The number of rotatable bonds is 3. The van der Waals surface area contributed by atoms with E-state index in [0.29, 0.717) is 16.8 Å². The summed E-state index contributed by atoms with van der Waals surface area (Å²) in [7, 11) is 0. The molecule has 0 aliphatic heterocycles. The highest BCUT2D eigenvalue weighted by atomic mass is 79.9. The second-order valence-electron chi connectivity index (χ2n) is 3.79. The zero-order valence-corrected chi connectivity index (χ0v) is 11.0. The normalized spacial score (nSPS) is 10.3. The number of ether oxygens (including phenoxy) is 1. The molecule has 0 saturated carbocycles. The standard InChI is InChI=1S/C14H12BrFO/c1-10-4-2-3-5-11(10)9-17-12-6-7-13(15)14(16)8-12/h2-8H,9H2,1H3. The summed E-state index contributed by atoms with van der Waals surface area (Å²) in [4.78, 5) is 0. The van der Waals surface area contributed by atoms with Gasteiger partial charge in [0.15, 0.2) is 0 Å². The highest BCUT2D eigenvalue weighted by Crippen LogP contribution is 2.22. The van der Waals surface area contributed by atoms with Gasteiger partial charge in [-0.05, 0) is 46.1 Å². The molecular weight excluding hydrogens is 283 g/mol. The lowest BCUT2D eigenvalue weighted by Gasteiger charge is -2.08. The van der Waals surface area contributed by atoms with Crippen LogP contribution in [0.15, 0.2) is 46.9 Å². The van der Waals surface area contributed by atoms with E-state index in [1.165, 1.54) is 11.6 Å². The maximum absolute atomic E-state index is 13.3. The van der Waals surface area contributed by atoms with Crippen LogP contribution in [0.3, 0.4) is 0 Å². The third-order valence-electron chi connectivity index (χ3n) is 2.55. The highest BCUT2D eigenvalue weighted by Gasteiger charge is 2.02. The molecule has 3 heteroatoms. The van der Waals surface area contributed by atoms with Crippen LogP contribution in [-0.2, 0) is 6.61 Å². The van der Waals surface area contributed by atoms with Gasteiger partial charge in [-0.15, -0.1) is 0 Å². The minimum atomic E-state index is -0.313. The molecule has 0 aliphatic carbocycles. The van der Waals surface area contributed by atoms with Crippen molar-refractivity contribution in [2.45, 2.75) is 13.5 Å². The molecule has 0 heterocycles. The van der Waals surface area contributed by atoms with Gasteiger partial charge < -0.3 is 4.74 Å². The third-order valence-corrected chi connectivity index (χ3v) is 3.19. The van der Waals surface area contributed by atoms with E-state index in [9.17, 15) is 4.39 Å². The Bertz CT molecular complexity index is 525. The fraction of sp³-hybridized carbons (Fsp3) is 0.143. The first kappa shape index (κ1) is 12.1. The van der Waals surface area contributed by atoms with Gasteiger partial charge in [0.1, 0.15) is 18.2 Å². The molecular formula is C14H12BrFO. The van der Waals surface area contributed by atoms with Crippen molar-refractivity contribution in [3.05, 3.63) is 63.9 Å². The molecule has 0 aliphatic rings. The summed E-state index contributed by atoms with van der Waals surface area (Å²) < 4.78 is 19.3. The van der Waals surface area contributed by atoms with Gasteiger partial charge in [-0.3, -0.25) is 0 Å². The molecule has 0 atom stereocenters. The Morgan fingerprint density at radius 1 is 1.18 bits per heavy atom. The maximum atomic E-state index is 13.3. The van der Waals surface area contributed by atoms with Crippen molar-refractivity contribution in [1.29, 1.82) is 0 Å². The van der Waals surface area contributed by atoms with Crippen molar-refractivity contribution in [1.82, 2.24) is 0 Å². The van der Waals surface area contributed by atoms with Crippen molar-refractivity contribution in [2.75, 3.05) is 0 Å². The minimum Gasteiger partial charge on any atom is -0.489 e. The number of halogens is 2. The number of hydrogen-bond donors (Lipinski definition) is 0. The van der Waals surface area contributed by atoms with Gasteiger partial charge in [0.2, 0.25) is 0 Å². The summed E-state index contributed by atoms with van der Waals surface area (Å²) in [6.07, 6.45) is 0. The summed E-state index contributed by atoms with van der Waals surface area (Å²) in [5.41, 5.74) is 2.28. The van der Waals surface area contributed by atoms with E-state index >= 15 is 0 Å². The number of aryl methyl sites for hydroxylation is 1. The molecule has 2 rings (SSSR count). The fourth-order valence-electron chi connectivity index (χ4n) is 1.50. The Balaban J connectivity index is 2.08. The predicted octanol–water partition coefficient (Wildman–Crippen LogP) is 4.48.